The molecule has 0 saturated heterocycles. The Morgan fingerprint density at radius 1 is 1.18 bits per heavy atom. The minimum absolute atomic E-state index is 0.145. The van der Waals surface area contributed by atoms with Crippen molar-refractivity contribution in [3.63, 3.8) is 0 Å². The highest BCUT2D eigenvalue weighted by molar-refractivity contribution is 5.67. The molecule has 10 nitrogen and oxygen atoms in total. The van der Waals surface area contributed by atoms with Gasteiger partial charge in [-0.2, -0.15) is 4.98 Å². The molecule has 0 fully saturated rings. The average molecular weight is 380 g/mol. The summed E-state index contributed by atoms with van der Waals surface area (Å²) in [6.45, 7) is 0.403. The first-order chi connectivity index (χ1) is 13.4. The van der Waals surface area contributed by atoms with Gasteiger partial charge in [0.1, 0.15) is 19.4 Å². The van der Waals surface area contributed by atoms with E-state index in [4.69, 9.17) is 4.74 Å². The summed E-state index contributed by atoms with van der Waals surface area (Å²) in [5.74, 6) is 1.06. The summed E-state index contributed by atoms with van der Waals surface area (Å²) in [4.78, 5) is 35.2. The van der Waals surface area contributed by atoms with E-state index in [0.29, 0.717) is 18.2 Å². The van der Waals surface area contributed by atoms with E-state index >= 15 is 0 Å². The van der Waals surface area contributed by atoms with E-state index in [2.05, 4.69) is 20.1 Å². The lowest BCUT2D eigenvalue weighted by Crippen LogP contribution is -2.42. The second-order valence-corrected chi connectivity index (χ2v) is 6.36. The van der Waals surface area contributed by atoms with Gasteiger partial charge in [-0.25, -0.2) is 19.3 Å². The Morgan fingerprint density at radius 2 is 1.93 bits per heavy atom. The fraction of sp³-hybridized carbons (Fsp3) is 0.222. The molecule has 0 aliphatic rings. The second kappa shape index (κ2) is 6.72. The number of H-pyrrole nitrogens is 1. The number of hydrogen-bond acceptors (Lipinski definition) is 6. The number of nitrogens with zero attached hydrogens (tertiary/aromatic N) is 6. The molecule has 0 atom stereocenters. The van der Waals surface area contributed by atoms with Gasteiger partial charge in [0.15, 0.2) is 0 Å². The molecule has 3 aromatic heterocycles. The molecule has 4 aromatic rings. The maximum atomic E-state index is 12.4. The number of imidazole rings is 1. The van der Waals surface area contributed by atoms with E-state index < -0.39 is 11.2 Å². The summed E-state index contributed by atoms with van der Waals surface area (Å²) < 4.78 is 10.1. The predicted octanol–water partition coefficient (Wildman–Crippen LogP) is -0.179. The number of nitrogens with one attached hydrogen (secondary N) is 1. The zero-order chi connectivity index (χ0) is 19.8. The van der Waals surface area contributed by atoms with E-state index in [9.17, 15) is 9.59 Å². The van der Waals surface area contributed by atoms with Crippen LogP contribution in [0, 0.1) is 0 Å². The highest BCUT2D eigenvalue weighted by Gasteiger charge is 2.18. The predicted molar refractivity (Wildman–Crippen MR) is 99.6 cm³/mol. The van der Waals surface area contributed by atoms with Gasteiger partial charge in [-0.15, -0.1) is 4.68 Å². The molecular weight excluding hydrogens is 362 g/mol. The summed E-state index contributed by atoms with van der Waals surface area (Å²) in [5.41, 5.74) is 1.10. The van der Waals surface area contributed by atoms with Crippen LogP contribution in [0.25, 0.3) is 22.6 Å². The van der Waals surface area contributed by atoms with Gasteiger partial charge < -0.3 is 9.30 Å². The fourth-order valence-corrected chi connectivity index (χ4v) is 2.76. The number of aryl methyl sites for hydroxylation is 2. The topological polar surface area (TPSA) is 112 Å². The summed E-state index contributed by atoms with van der Waals surface area (Å²) in [6, 6.07) is 7.25. The van der Waals surface area contributed by atoms with Gasteiger partial charge in [0.05, 0.1) is 18.2 Å². The zero-order valence-electron chi connectivity index (χ0n) is 15.6. The number of ether oxygens (including phenoxy) is 1. The van der Waals surface area contributed by atoms with Gasteiger partial charge in [0, 0.05) is 19.7 Å². The van der Waals surface area contributed by atoms with Crippen molar-refractivity contribution in [3.8, 4) is 17.1 Å². The normalized spacial score (nSPS) is 11.1. The molecule has 0 saturated carbocycles. The van der Waals surface area contributed by atoms with Crippen LogP contribution in [-0.4, -0.2) is 29.2 Å². The Morgan fingerprint density at radius 3 is 2.61 bits per heavy atom. The van der Waals surface area contributed by atoms with Crippen LogP contribution in [0.1, 0.15) is 5.69 Å². The molecule has 0 radical (unpaired) electrons. The van der Waals surface area contributed by atoms with E-state index in [0.717, 1.165) is 15.8 Å². The first kappa shape index (κ1) is 17.6. The van der Waals surface area contributed by atoms with Crippen molar-refractivity contribution in [2.45, 2.75) is 6.61 Å². The van der Waals surface area contributed by atoms with Crippen LogP contribution < -0.4 is 20.7 Å². The Balaban J connectivity index is 1.65. The molecule has 4 rings (SSSR count). The lowest BCUT2D eigenvalue weighted by molar-refractivity contribution is -0.707. The summed E-state index contributed by atoms with van der Waals surface area (Å²) >= 11 is 0. The molecule has 1 N–H and O–H groups in total. The smallest absolute Gasteiger partial charge is 0.416 e. The Kier molecular flexibility index (Phi) is 4.22. The van der Waals surface area contributed by atoms with Gasteiger partial charge in [0.25, 0.3) is 5.56 Å². The number of fused-ring (bicyclic) bond motifs is 1. The molecule has 0 bridgehead atoms. The molecule has 0 unspecified atom stereocenters. The van der Waals surface area contributed by atoms with Crippen molar-refractivity contribution >= 4 is 11.2 Å². The maximum Gasteiger partial charge on any atom is 0.416 e. The molecule has 28 heavy (non-hydrogen) atoms. The number of aromatic amines is 1. The Hall–Kier alpha value is -3.82. The van der Waals surface area contributed by atoms with E-state index in [1.165, 1.54) is 11.7 Å². The molecule has 0 aliphatic carbocycles. The van der Waals surface area contributed by atoms with Crippen LogP contribution in [-0.2, 0) is 27.7 Å². The van der Waals surface area contributed by atoms with Gasteiger partial charge in [-0.1, -0.05) is 5.10 Å². The van der Waals surface area contributed by atoms with Gasteiger partial charge in [-0.05, 0) is 24.3 Å². The number of benzene rings is 1. The van der Waals surface area contributed by atoms with Crippen LogP contribution in [0.3, 0.4) is 0 Å². The fourth-order valence-electron chi connectivity index (χ4n) is 2.76. The molecule has 0 spiro atoms. The summed E-state index contributed by atoms with van der Waals surface area (Å²) in [6.07, 6.45) is 3.47. The Labute approximate surface area is 158 Å². The zero-order valence-corrected chi connectivity index (χ0v) is 15.6. The first-order valence-electron chi connectivity index (χ1n) is 8.50. The maximum absolute atomic E-state index is 12.4. The monoisotopic (exact) mass is 380 g/mol. The minimum Gasteiger partial charge on any atom is -0.487 e. The third-order valence-corrected chi connectivity index (χ3v) is 4.46. The van der Waals surface area contributed by atoms with Crippen molar-refractivity contribution in [2.24, 2.45) is 21.1 Å². The second-order valence-electron chi connectivity index (χ2n) is 6.36. The molecule has 1 aromatic carbocycles. The highest BCUT2D eigenvalue weighted by atomic mass is 16.5. The standard InChI is InChI=1S/C18H17N7O3/c1-23-10-19-8-12(23)9-28-13-6-4-11(5-7-13)15-20-14-16(25(3)22-15)21-18(27)24(2)17(14)26/h4-8,10H,9H2,1-3H3/p+1. The molecule has 3 heterocycles. The van der Waals surface area contributed by atoms with Gasteiger partial charge >= 0.3 is 11.3 Å². The largest absolute Gasteiger partial charge is 0.487 e. The van der Waals surface area contributed by atoms with Crippen LogP contribution in [0.15, 0.2) is 46.4 Å². The highest BCUT2D eigenvalue weighted by Crippen LogP contribution is 2.20. The quantitative estimate of drug-likeness (QED) is 0.492. The Bertz CT molecular complexity index is 1290. The van der Waals surface area contributed by atoms with Crippen LogP contribution >= 0.6 is 0 Å². The molecular formula is C18H18N7O3+. The van der Waals surface area contributed by atoms with Crippen LogP contribution in [0.4, 0.5) is 0 Å². The minimum atomic E-state index is -0.514. The van der Waals surface area contributed by atoms with E-state index in [1.807, 2.05) is 35.9 Å². The third-order valence-electron chi connectivity index (χ3n) is 4.46. The molecule has 10 heteroatoms. The first-order valence-corrected chi connectivity index (χ1v) is 8.50. The lowest BCUT2D eigenvalue weighted by Gasteiger charge is -2.07. The van der Waals surface area contributed by atoms with Crippen molar-refractivity contribution in [2.75, 3.05) is 0 Å². The van der Waals surface area contributed by atoms with Crippen molar-refractivity contribution in [1.29, 1.82) is 0 Å². The summed E-state index contributed by atoms with van der Waals surface area (Å²) in [5, 5.41) is 4.35. The molecule has 142 valence electrons. The van der Waals surface area contributed by atoms with E-state index in [1.54, 1.807) is 19.6 Å². The van der Waals surface area contributed by atoms with Crippen LogP contribution in [0.5, 0.6) is 5.75 Å². The molecule has 0 aliphatic heterocycles. The number of aromatic nitrogens is 7. The van der Waals surface area contributed by atoms with Crippen molar-refractivity contribution in [3.05, 3.63) is 63.3 Å². The SMILES string of the molecule is Cn1cncc1COc1ccc(-c2nc3c(=O)n(C)c(=O)[nH]c3[n+](C)n2)cc1. The average Bonchev–Trinajstić information content (AvgIpc) is 3.10. The summed E-state index contributed by atoms with van der Waals surface area (Å²) in [7, 11) is 4.95. The van der Waals surface area contributed by atoms with E-state index in [-0.39, 0.29) is 11.2 Å². The van der Waals surface area contributed by atoms with Crippen LogP contribution in [0.2, 0.25) is 0 Å². The van der Waals surface area contributed by atoms with Crippen molar-refractivity contribution < 1.29 is 9.42 Å². The van der Waals surface area contributed by atoms with Crippen molar-refractivity contribution in [1.82, 2.24) is 29.2 Å². The number of hydrogen-bond donors (Lipinski definition) is 1. The van der Waals surface area contributed by atoms with Gasteiger partial charge in [0.2, 0.25) is 11.3 Å². The lowest BCUT2D eigenvalue weighted by atomic mass is 10.2. The molecule has 0 amide bonds. The van der Waals surface area contributed by atoms with Gasteiger partial charge in [-0.3, -0.25) is 4.79 Å². The third kappa shape index (κ3) is 3.04. The number of rotatable bonds is 4.